The van der Waals surface area contributed by atoms with Crippen molar-refractivity contribution in [3.63, 3.8) is 0 Å². The highest BCUT2D eigenvalue weighted by Crippen LogP contribution is 2.42. The second-order valence-corrected chi connectivity index (χ2v) is 24.1. The summed E-state index contributed by atoms with van der Waals surface area (Å²) < 4.78 is 153. The maximum absolute atomic E-state index is 13.8. The molecule has 0 N–H and O–H groups in total. The van der Waals surface area contributed by atoms with Crippen LogP contribution in [0, 0.1) is 0 Å². The molecule has 0 aliphatic carbocycles. The fourth-order valence-electron chi connectivity index (χ4n) is 11.6. The summed E-state index contributed by atoms with van der Waals surface area (Å²) in [5.41, 5.74) is 0. The van der Waals surface area contributed by atoms with Crippen molar-refractivity contribution in [1.29, 1.82) is 0 Å². The molecule has 5 saturated heterocycles. The third-order valence-electron chi connectivity index (χ3n) is 15.0. The lowest BCUT2D eigenvalue weighted by Gasteiger charge is -2.51. The van der Waals surface area contributed by atoms with Gasteiger partial charge in [-0.2, -0.15) is 0 Å². The van der Waals surface area contributed by atoms with Crippen molar-refractivity contribution in [2.24, 2.45) is 0 Å². The van der Waals surface area contributed by atoms with Crippen LogP contribution in [0.3, 0.4) is 0 Å². The molecular weight excluding hydrogens is 1460 g/mol. The van der Waals surface area contributed by atoms with E-state index < -0.39 is 288 Å². The van der Waals surface area contributed by atoms with Gasteiger partial charge in [-0.3, -0.25) is 81.5 Å². The third kappa shape index (κ3) is 26.8. The van der Waals surface area contributed by atoms with Gasteiger partial charge >= 0.3 is 101 Å². The molecule has 107 heavy (non-hydrogen) atoms. The largest absolute Gasteiger partial charge is 0.463 e. The van der Waals surface area contributed by atoms with E-state index >= 15 is 0 Å². The Hall–Kier alpha value is -9.37. The quantitative estimate of drug-likeness (QED) is 0.0543. The first-order chi connectivity index (χ1) is 50.0. The molecule has 5 aliphatic heterocycles. The van der Waals surface area contributed by atoms with Crippen LogP contribution in [-0.4, -0.2) is 288 Å². The predicted octanol–water partition coefficient (Wildman–Crippen LogP) is -2.22. The summed E-state index contributed by atoms with van der Waals surface area (Å²) in [6.45, 7) is 10.6. The van der Waals surface area contributed by atoms with Crippen LogP contribution in [0.5, 0.6) is 0 Å². The minimum atomic E-state index is -2.47. The SMILES string of the molecule is CC(=O)OCC1OC(OC2OC(COC(C)=O)C(OC(C)=O)C(OC3OC(COC(C)=O)C(OC(C)=O)C(OC4OC(COC(C)=O)C(OC(C)=O)C(OC5OC(COC(C)=O)C(OC(C)=O)C(OC(C)=O)C5OC(C)=O)C4OC(C)=O)C3OC(C)=O)C2OC(C)=O)C(OC(C)=O)C(OC(C)=O)C1OC(C)=O. The number of ether oxygens (including phenoxy) is 26. The minimum Gasteiger partial charge on any atom is -0.463 e. The van der Waals surface area contributed by atoms with Gasteiger partial charge in [-0.15, -0.1) is 0 Å². The number of hydrogen-bond donors (Lipinski definition) is 0. The molecule has 43 heteroatoms. The predicted molar refractivity (Wildman–Crippen MR) is 329 cm³/mol. The molecule has 5 aliphatic rings. The first-order valence-electron chi connectivity index (χ1n) is 32.7. The van der Waals surface area contributed by atoms with Gasteiger partial charge in [0.15, 0.2) is 92.1 Å². The molecule has 43 nitrogen and oxygen atoms in total. The average Bonchev–Trinajstić information content (AvgIpc) is 0.759. The highest BCUT2D eigenvalue weighted by Gasteiger charge is 2.63. The Morgan fingerprint density at radius 3 is 0.458 bits per heavy atom. The van der Waals surface area contributed by atoms with Gasteiger partial charge in [0, 0.05) is 118 Å². The van der Waals surface area contributed by atoms with Crippen molar-refractivity contribution in [3.8, 4) is 0 Å². The summed E-state index contributed by atoms with van der Waals surface area (Å²) >= 11 is 0. The molecule has 5 rings (SSSR count). The van der Waals surface area contributed by atoms with Crippen LogP contribution in [0.4, 0.5) is 0 Å². The Morgan fingerprint density at radius 1 is 0.168 bits per heavy atom. The van der Waals surface area contributed by atoms with Crippen molar-refractivity contribution in [2.75, 3.05) is 33.0 Å². The fraction of sp³-hybridized carbons (Fsp3) is 0.734. The van der Waals surface area contributed by atoms with E-state index in [1.54, 1.807) is 0 Å². The van der Waals surface area contributed by atoms with Gasteiger partial charge < -0.3 is 123 Å². The zero-order valence-electron chi connectivity index (χ0n) is 61.0. The Bertz CT molecular complexity index is 3240. The molecule has 0 aromatic rings. The molecule has 0 radical (unpaired) electrons. The maximum Gasteiger partial charge on any atom is 0.303 e. The summed E-state index contributed by atoms with van der Waals surface area (Å²) in [6, 6.07) is 0. The van der Waals surface area contributed by atoms with Crippen molar-refractivity contribution < 1.29 is 205 Å². The zero-order valence-corrected chi connectivity index (χ0v) is 61.0. The highest BCUT2D eigenvalue weighted by molar-refractivity contribution is 5.72. The van der Waals surface area contributed by atoms with Gasteiger partial charge in [-0.1, -0.05) is 0 Å². The van der Waals surface area contributed by atoms with Crippen LogP contribution in [0.2, 0.25) is 0 Å². The maximum atomic E-state index is 13.8. The number of carbonyl (C=O) groups is 17. The zero-order chi connectivity index (χ0) is 80.2. The second-order valence-electron chi connectivity index (χ2n) is 24.1. The van der Waals surface area contributed by atoms with Crippen molar-refractivity contribution in [1.82, 2.24) is 0 Å². The molecular formula is C64H86O43. The standard InChI is InChI=1S/C64H86O43/c1-23(65)82-18-40-45(87-28(6)70)50(92-33(11)75)55(94-35(13)77)60(99-40)104-52-47(89-30(8)72)42(20-84-25(3)67)100-61(57(52)96-37(15)79)105-53-48(90-31(9)73)43(21-85-26(4)68)101-62(58(53)97-38(16)80)106-54-49(91-32(10)74)44(22-86-27(5)69)103-64(59(54)98-39(17)81)107-63-56(95-36(14)78)51(93-34(12)76)46(88-29(7)71)41(102-63)19-83-24(2)66/h40-64H,18-22H2,1-17H3. The van der Waals surface area contributed by atoms with E-state index in [0.29, 0.717) is 0 Å². The highest BCUT2D eigenvalue weighted by atomic mass is 16.8. The monoisotopic (exact) mass is 1540 g/mol. The van der Waals surface area contributed by atoms with Crippen molar-refractivity contribution in [2.45, 2.75) is 271 Å². The summed E-state index contributed by atoms with van der Waals surface area (Å²) in [5.74, 6) is -18.9. The topological polar surface area (TPSA) is 530 Å². The molecule has 600 valence electrons. The Labute approximate surface area is 608 Å². The minimum absolute atomic E-state index is 0.805. The fourth-order valence-corrected chi connectivity index (χ4v) is 11.6. The molecule has 0 bridgehead atoms. The Kier molecular flexibility index (Phi) is 33.4. The van der Waals surface area contributed by atoms with Gasteiger partial charge in [0.05, 0.1) is 0 Å². The molecule has 25 atom stereocenters. The first-order valence-corrected chi connectivity index (χ1v) is 32.7. The van der Waals surface area contributed by atoms with Crippen LogP contribution < -0.4 is 0 Å². The summed E-state index contributed by atoms with van der Waals surface area (Å²) in [6.07, 6.45) is -53.0. The number of rotatable bonds is 30. The van der Waals surface area contributed by atoms with E-state index in [1.807, 2.05) is 0 Å². The Morgan fingerprint density at radius 2 is 0.299 bits per heavy atom. The molecule has 5 heterocycles. The molecule has 0 aromatic carbocycles. The molecule has 0 spiro atoms. The number of carbonyl (C=O) groups excluding carboxylic acids is 17. The average molecular weight is 1540 g/mol. The summed E-state index contributed by atoms with van der Waals surface area (Å²) in [5, 5.41) is 0. The normalized spacial score (nSPS) is 32.3. The van der Waals surface area contributed by atoms with Crippen LogP contribution in [0.1, 0.15) is 118 Å². The van der Waals surface area contributed by atoms with Gasteiger partial charge in [-0.25, -0.2) is 0 Å². The van der Waals surface area contributed by atoms with E-state index in [4.69, 9.17) is 123 Å². The van der Waals surface area contributed by atoms with E-state index in [1.165, 1.54) is 0 Å². The van der Waals surface area contributed by atoms with Crippen molar-refractivity contribution in [3.05, 3.63) is 0 Å². The van der Waals surface area contributed by atoms with Crippen LogP contribution in [-0.2, 0) is 205 Å². The van der Waals surface area contributed by atoms with Gasteiger partial charge in [-0.05, 0) is 0 Å². The van der Waals surface area contributed by atoms with E-state index in [2.05, 4.69) is 0 Å². The van der Waals surface area contributed by atoms with E-state index in [9.17, 15) is 81.5 Å². The number of esters is 17. The van der Waals surface area contributed by atoms with Crippen LogP contribution in [0.25, 0.3) is 0 Å². The van der Waals surface area contributed by atoms with Gasteiger partial charge in [0.25, 0.3) is 0 Å². The second kappa shape index (κ2) is 40.5. The van der Waals surface area contributed by atoms with Gasteiger partial charge in [0.1, 0.15) is 81.9 Å². The molecule has 0 amide bonds. The first kappa shape index (κ1) is 88.3. The summed E-state index contributed by atoms with van der Waals surface area (Å²) in [7, 11) is 0. The molecule has 0 aromatic heterocycles. The van der Waals surface area contributed by atoms with E-state index in [-0.39, 0.29) is 0 Å². The lowest BCUT2D eigenvalue weighted by molar-refractivity contribution is -0.401. The molecule has 25 unspecified atom stereocenters. The van der Waals surface area contributed by atoms with Gasteiger partial charge in [0.2, 0.25) is 12.6 Å². The smallest absolute Gasteiger partial charge is 0.303 e. The van der Waals surface area contributed by atoms with Crippen LogP contribution in [0.15, 0.2) is 0 Å². The van der Waals surface area contributed by atoms with Crippen molar-refractivity contribution >= 4 is 101 Å². The van der Waals surface area contributed by atoms with E-state index in [0.717, 1.165) is 118 Å². The van der Waals surface area contributed by atoms with Crippen LogP contribution >= 0.6 is 0 Å². The third-order valence-corrected chi connectivity index (χ3v) is 15.0. The Balaban J connectivity index is 1.85. The molecule has 5 fully saturated rings. The lowest BCUT2D eigenvalue weighted by atomic mass is 9.94. The molecule has 0 saturated carbocycles. The number of hydrogen-bond acceptors (Lipinski definition) is 43. The summed E-state index contributed by atoms with van der Waals surface area (Å²) in [4.78, 5) is 222. The lowest BCUT2D eigenvalue weighted by Crippen LogP contribution is -2.70.